The monoisotopic (exact) mass is 216 g/mol. The fourth-order valence-corrected chi connectivity index (χ4v) is 0.612. The van der Waals surface area contributed by atoms with Crippen molar-refractivity contribution in [3.63, 3.8) is 0 Å². The van der Waals surface area contributed by atoms with Gasteiger partial charge in [0.1, 0.15) is 0 Å². The maximum absolute atomic E-state index is 10.4. The van der Waals surface area contributed by atoms with Gasteiger partial charge >= 0.3 is 14.2 Å². The second kappa shape index (κ2) is 6.02. The van der Waals surface area contributed by atoms with Gasteiger partial charge in [-0.05, 0) is 0 Å². The Kier molecular flexibility index (Phi) is 7.78. The molecule has 6 heteroatoms. The summed E-state index contributed by atoms with van der Waals surface area (Å²) >= 11 is 0. The van der Waals surface area contributed by atoms with Crippen molar-refractivity contribution in [1.82, 2.24) is 0 Å². The molecular formula is C4H9O4PZn. The van der Waals surface area contributed by atoms with Gasteiger partial charge in [-0.2, -0.15) is 0 Å². The molecule has 0 spiro atoms. The van der Waals surface area contributed by atoms with Crippen LogP contribution in [0, 0.1) is 5.92 Å². The summed E-state index contributed by atoms with van der Waals surface area (Å²) in [6.45, 7) is 3.18. The van der Waals surface area contributed by atoms with Gasteiger partial charge in [0.25, 0.3) is 0 Å². The van der Waals surface area contributed by atoms with Gasteiger partial charge in [-0.1, -0.05) is 13.8 Å². The van der Waals surface area contributed by atoms with Crippen LogP contribution in [0.4, 0.5) is 0 Å². The Labute approximate surface area is 72.7 Å². The van der Waals surface area contributed by atoms with Gasteiger partial charge in [-0.15, -0.1) is 0 Å². The molecule has 0 aromatic rings. The fourth-order valence-electron chi connectivity index (χ4n) is 0.204. The summed E-state index contributed by atoms with van der Waals surface area (Å²) in [5.74, 6) is -0.979. The van der Waals surface area contributed by atoms with E-state index in [-0.39, 0.29) is 25.4 Å². The maximum Gasteiger partial charge on any atom is 0.367 e. The summed E-state index contributed by atoms with van der Waals surface area (Å²) < 4.78 is 13.8. The Morgan fingerprint density at radius 2 is 2.00 bits per heavy atom. The average Bonchev–Trinajstić information content (AvgIpc) is 1.63. The zero-order chi connectivity index (χ0) is 7.44. The number of hydrogen-bond donors (Lipinski definition) is 1. The molecule has 0 saturated carbocycles. The molecular weight excluding hydrogens is 208 g/mol. The summed E-state index contributed by atoms with van der Waals surface area (Å²) in [6.07, 6.45) is 0. The molecule has 0 aromatic heterocycles. The van der Waals surface area contributed by atoms with E-state index >= 15 is 0 Å². The zero-order valence-corrected chi connectivity index (χ0v) is 9.92. The molecule has 56 valence electrons. The van der Waals surface area contributed by atoms with Gasteiger partial charge in [0.2, 0.25) is 0 Å². The van der Waals surface area contributed by atoms with E-state index in [9.17, 15) is 9.36 Å². The van der Waals surface area contributed by atoms with Gasteiger partial charge < -0.3 is 9.42 Å². The molecule has 1 N–H and O–H groups in total. The van der Waals surface area contributed by atoms with E-state index in [4.69, 9.17) is 4.89 Å². The van der Waals surface area contributed by atoms with Crippen LogP contribution in [0.1, 0.15) is 13.8 Å². The molecule has 1 unspecified atom stereocenters. The molecule has 0 aromatic carbocycles. The quantitative estimate of drug-likeness (QED) is 0.542. The standard InChI is InChI=1S/C4H9O4P.Zn/c1-3(2)4(5)8-9(6)7;/h3,9H,1-2H3,(H,6,7);. The number of carbonyl (C=O) groups excluding carboxylic acids is 1. The van der Waals surface area contributed by atoms with Crippen molar-refractivity contribution in [2.75, 3.05) is 0 Å². The third kappa shape index (κ3) is 6.40. The Balaban J connectivity index is 0. The van der Waals surface area contributed by atoms with Crippen molar-refractivity contribution in [2.45, 2.75) is 13.8 Å². The first-order valence-electron chi connectivity index (χ1n) is 2.48. The van der Waals surface area contributed by atoms with Gasteiger partial charge in [0.05, 0.1) is 5.92 Å². The summed E-state index contributed by atoms with van der Waals surface area (Å²) in [5, 5.41) is 0. The van der Waals surface area contributed by atoms with E-state index in [1.165, 1.54) is 0 Å². The summed E-state index contributed by atoms with van der Waals surface area (Å²) in [6, 6.07) is 0. The van der Waals surface area contributed by atoms with Crippen molar-refractivity contribution < 1.29 is 38.3 Å². The van der Waals surface area contributed by atoms with Crippen LogP contribution in [0.15, 0.2) is 0 Å². The molecule has 0 heterocycles. The van der Waals surface area contributed by atoms with E-state index in [2.05, 4.69) is 4.52 Å². The molecule has 0 bridgehead atoms. The van der Waals surface area contributed by atoms with Crippen molar-refractivity contribution in [2.24, 2.45) is 5.92 Å². The van der Waals surface area contributed by atoms with Crippen LogP contribution in [-0.2, 0) is 33.4 Å². The van der Waals surface area contributed by atoms with Crippen LogP contribution in [0.3, 0.4) is 0 Å². The Bertz CT molecular complexity index is 135. The molecule has 0 aliphatic heterocycles. The molecule has 0 radical (unpaired) electrons. The zero-order valence-electron chi connectivity index (χ0n) is 5.96. The first kappa shape index (κ1) is 12.9. The predicted octanol–water partition coefficient (Wildman–Crippen LogP) is 0.565. The molecule has 10 heavy (non-hydrogen) atoms. The minimum absolute atomic E-state index is 0. The molecule has 0 rings (SSSR count). The van der Waals surface area contributed by atoms with Crippen molar-refractivity contribution in [3.05, 3.63) is 0 Å². The molecule has 0 saturated heterocycles. The van der Waals surface area contributed by atoms with Crippen LogP contribution < -0.4 is 0 Å². The number of hydrogen-bond acceptors (Lipinski definition) is 3. The van der Waals surface area contributed by atoms with E-state index in [1.54, 1.807) is 13.8 Å². The van der Waals surface area contributed by atoms with Crippen molar-refractivity contribution in [3.8, 4) is 0 Å². The minimum Gasteiger partial charge on any atom is -0.393 e. The molecule has 0 amide bonds. The largest absolute Gasteiger partial charge is 0.393 e. The molecule has 0 fully saturated rings. The third-order valence-electron chi connectivity index (χ3n) is 0.659. The first-order valence-corrected chi connectivity index (χ1v) is 3.75. The topological polar surface area (TPSA) is 63.6 Å². The van der Waals surface area contributed by atoms with E-state index in [1.807, 2.05) is 0 Å². The smallest absolute Gasteiger partial charge is 0.367 e. The number of rotatable bonds is 2. The first-order chi connectivity index (χ1) is 4.04. The van der Waals surface area contributed by atoms with E-state index in [0.29, 0.717) is 0 Å². The normalized spacial score (nSPS) is 12.0. The van der Waals surface area contributed by atoms with Crippen molar-refractivity contribution >= 4 is 14.2 Å². The third-order valence-corrected chi connectivity index (χ3v) is 1.04. The van der Waals surface area contributed by atoms with Crippen LogP contribution in [-0.4, -0.2) is 10.9 Å². The summed E-state index contributed by atoms with van der Waals surface area (Å²) in [5.41, 5.74) is 0. The summed E-state index contributed by atoms with van der Waals surface area (Å²) in [7, 11) is -3.08. The Hall–Kier alpha value is 0.283. The maximum atomic E-state index is 10.4. The molecule has 4 nitrogen and oxygen atoms in total. The second-order valence-corrected chi connectivity index (χ2v) is 2.58. The predicted molar refractivity (Wildman–Crippen MR) is 32.2 cm³/mol. The fraction of sp³-hybridized carbons (Fsp3) is 0.750. The van der Waals surface area contributed by atoms with Crippen LogP contribution in [0.25, 0.3) is 0 Å². The van der Waals surface area contributed by atoms with Crippen LogP contribution >= 0.6 is 8.25 Å². The molecule has 1 atom stereocenters. The average molecular weight is 217 g/mol. The van der Waals surface area contributed by atoms with Crippen LogP contribution in [0.5, 0.6) is 0 Å². The minimum atomic E-state index is -3.08. The SMILES string of the molecule is CC(C)C(=O)O[PH](=O)O.[Zn]. The van der Waals surface area contributed by atoms with Gasteiger partial charge in [0, 0.05) is 19.5 Å². The van der Waals surface area contributed by atoms with Gasteiger partial charge in [-0.25, -0.2) is 4.57 Å². The van der Waals surface area contributed by atoms with E-state index < -0.39 is 14.2 Å². The molecule has 0 aliphatic rings. The van der Waals surface area contributed by atoms with Crippen molar-refractivity contribution in [1.29, 1.82) is 0 Å². The van der Waals surface area contributed by atoms with Gasteiger partial charge in [-0.3, -0.25) is 4.79 Å². The second-order valence-electron chi connectivity index (χ2n) is 1.84. The molecule has 0 aliphatic carbocycles. The van der Waals surface area contributed by atoms with E-state index in [0.717, 1.165) is 0 Å². The van der Waals surface area contributed by atoms with Gasteiger partial charge in [0.15, 0.2) is 0 Å². The van der Waals surface area contributed by atoms with Crippen LogP contribution in [0.2, 0.25) is 0 Å². The Morgan fingerprint density at radius 3 is 2.10 bits per heavy atom. The number of carbonyl (C=O) groups is 1. The Morgan fingerprint density at radius 1 is 1.60 bits per heavy atom. The summed E-state index contributed by atoms with van der Waals surface area (Å²) in [4.78, 5) is 18.5.